The second-order valence-electron chi connectivity index (χ2n) is 5.29. The van der Waals surface area contributed by atoms with E-state index in [-0.39, 0.29) is 17.0 Å². The third kappa shape index (κ3) is 5.30. The summed E-state index contributed by atoms with van der Waals surface area (Å²) in [6.45, 7) is 4.13. The van der Waals surface area contributed by atoms with Gasteiger partial charge in [0.05, 0.1) is 11.0 Å². The highest BCUT2D eigenvalue weighted by Gasteiger charge is 2.13. The zero-order chi connectivity index (χ0) is 15.3. The molecule has 2 N–H and O–H groups in total. The van der Waals surface area contributed by atoms with E-state index in [1.54, 1.807) is 6.07 Å². The van der Waals surface area contributed by atoms with Crippen molar-refractivity contribution in [2.75, 3.05) is 12.8 Å². The van der Waals surface area contributed by atoms with E-state index in [1.807, 2.05) is 13.8 Å². The normalized spacial score (nSPS) is 13.2. The van der Waals surface area contributed by atoms with Crippen molar-refractivity contribution in [2.45, 2.75) is 31.3 Å². The lowest BCUT2D eigenvalue weighted by atomic mass is 10.1. The van der Waals surface area contributed by atoms with Crippen LogP contribution in [0.5, 0.6) is 0 Å². The number of nitrogens with one attached hydrogen (secondary N) is 1. The van der Waals surface area contributed by atoms with Crippen molar-refractivity contribution in [1.82, 2.24) is 5.32 Å². The first-order valence-corrected chi connectivity index (χ1v) is 8.35. The molecule has 1 atom stereocenters. The molecule has 0 heterocycles. The van der Waals surface area contributed by atoms with Gasteiger partial charge < -0.3 is 10.4 Å². The van der Waals surface area contributed by atoms with Gasteiger partial charge in [0.2, 0.25) is 0 Å². The molecule has 0 aliphatic heterocycles. The number of carbonyl (C=O) groups is 1. The third-order valence-corrected chi connectivity index (χ3v) is 3.88. The van der Waals surface area contributed by atoms with E-state index in [4.69, 9.17) is 0 Å². The summed E-state index contributed by atoms with van der Waals surface area (Å²) in [4.78, 5) is 12.0. The quantitative estimate of drug-likeness (QED) is 0.827. The molecule has 1 rings (SSSR count). The van der Waals surface area contributed by atoms with Gasteiger partial charge >= 0.3 is 0 Å². The number of carbonyl (C=O) groups excluding carboxylic acids is 1. The molecule has 1 unspecified atom stereocenters. The lowest BCUT2D eigenvalue weighted by Gasteiger charge is -2.14. The van der Waals surface area contributed by atoms with Crippen LogP contribution in [-0.2, 0) is 9.84 Å². The molecule has 0 aromatic heterocycles. The highest BCUT2D eigenvalue weighted by molar-refractivity contribution is 7.90. The van der Waals surface area contributed by atoms with Crippen LogP contribution in [0.25, 0.3) is 0 Å². The first-order valence-electron chi connectivity index (χ1n) is 6.46. The smallest absolute Gasteiger partial charge is 0.251 e. The van der Waals surface area contributed by atoms with Crippen LogP contribution in [0.4, 0.5) is 0 Å². The Kier molecular flexibility index (Phi) is 5.71. The Bertz CT molecular complexity index is 566. The first-order chi connectivity index (χ1) is 9.20. The third-order valence-electron chi connectivity index (χ3n) is 2.77. The molecule has 6 heteroatoms. The molecule has 0 radical (unpaired) electrons. The van der Waals surface area contributed by atoms with Gasteiger partial charge in [0, 0.05) is 18.4 Å². The number of hydrogen-bond donors (Lipinski definition) is 2. The van der Waals surface area contributed by atoms with Gasteiger partial charge in [-0.15, -0.1) is 0 Å². The molecule has 112 valence electrons. The molecule has 0 spiro atoms. The maximum atomic E-state index is 11.9. The fraction of sp³-hybridized carbons (Fsp3) is 0.500. The zero-order valence-corrected chi connectivity index (χ0v) is 12.8. The van der Waals surface area contributed by atoms with Crippen molar-refractivity contribution in [1.29, 1.82) is 0 Å². The van der Waals surface area contributed by atoms with E-state index in [0.717, 1.165) is 6.26 Å². The average molecular weight is 299 g/mol. The van der Waals surface area contributed by atoms with E-state index in [2.05, 4.69) is 5.32 Å². The summed E-state index contributed by atoms with van der Waals surface area (Å²) < 4.78 is 22.8. The first kappa shape index (κ1) is 16.7. The van der Waals surface area contributed by atoms with Gasteiger partial charge in [0.15, 0.2) is 9.84 Å². The van der Waals surface area contributed by atoms with Crippen molar-refractivity contribution in [3.05, 3.63) is 29.8 Å². The Morgan fingerprint density at radius 1 is 1.35 bits per heavy atom. The number of sulfone groups is 1. The number of benzene rings is 1. The standard InChI is InChI=1S/C14H21NO4S/c1-10(2)7-12(16)9-15-14(17)11-5-4-6-13(8-11)20(3,18)19/h4-6,8,10,12,16H,7,9H2,1-3H3,(H,15,17). The van der Waals surface area contributed by atoms with Crippen LogP contribution in [0.15, 0.2) is 29.2 Å². The number of rotatable bonds is 6. The summed E-state index contributed by atoms with van der Waals surface area (Å²) in [5, 5.41) is 12.3. The minimum Gasteiger partial charge on any atom is -0.391 e. The molecule has 1 aromatic rings. The van der Waals surface area contributed by atoms with Crippen molar-refractivity contribution >= 4 is 15.7 Å². The molecule has 1 aromatic carbocycles. The monoisotopic (exact) mass is 299 g/mol. The molecule has 0 saturated heterocycles. The summed E-state index contributed by atoms with van der Waals surface area (Å²) in [5.74, 6) is -0.0474. The summed E-state index contributed by atoms with van der Waals surface area (Å²) in [5.41, 5.74) is 0.268. The highest BCUT2D eigenvalue weighted by Crippen LogP contribution is 2.11. The van der Waals surface area contributed by atoms with Gasteiger partial charge in [0.25, 0.3) is 5.91 Å². The van der Waals surface area contributed by atoms with Crippen molar-refractivity contribution in [2.24, 2.45) is 5.92 Å². The van der Waals surface area contributed by atoms with Gasteiger partial charge in [-0.3, -0.25) is 4.79 Å². The maximum Gasteiger partial charge on any atom is 0.251 e. The molecule has 0 bridgehead atoms. The van der Waals surface area contributed by atoms with Gasteiger partial charge in [0.1, 0.15) is 0 Å². The highest BCUT2D eigenvalue weighted by atomic mass is 32.2. The molecule has 5 nitrogen and oxygen atoms in total. The number of hydrogen-bond acceptors (Lipinski definition) is 4. The molecular formula is C14H21NO4S. The van der Waals surface area contributed by atoms with E-state index < -0.39 is 21.8 Å². The molecule has 0 aliphatic carbocycles. The zero-order valence-electron chi connectivity index (χ0n) is 12.0. The Labute approximate surface area is 119 Å². The fourth-order valence-electron chi connectivity index (χ4n) is 1.81. The van der Waals surface area contributed by atoms with E-state index in [9.17, 15) is 18.3 Å². The Hall–Kier alpha value is -1.40. The Morgan fingerprint density at radius 3 is 2.55 bits per heavy atom. The second kappa shape index (κ2) is 6.85. The van der Waals surface area contributed by atoms with Gasteiger partial charge in [-0.1, -0.05) is 19.9 Å². The van der Waals surface area contributed by atoms with Crippen LogP contribution in [0.2, 0.25) is 0 Å². The lowest BCUT2D eigenvalue weighted by Crippen LogP contribution is -2.32. The molecule has 1 amide bonds. The van der Waals surface area contributed by atoms with Crippen molar-refractivity contribution in [3.63, 3.8) is 0 Å². The minimum absolute atomic E-state index is 0.105. The van der Waals surface area contributed by atoms with Crippen molar-refractivity contribution in [3.8, 4) is 0 Å². The van der Waals surface area contributed by atoms with Gasteiger partial charge in [-0.25, -0.2) is 8.42 Å². The SMILES string of the molecule is CC(C)CC(O)CNC(=O)c1cccc(S(C)(=O)=O)c1. The summed E-state index contributed by atoms with van der Waals surface area (Å²) >= 11 is 0. The van der Waals surface area contributed by atoms with Crippen LogP contribution in [0.3, 0.4) is 0 Å². The summed E-state index contributed by atoms with van der Waals surface area (Å²) in [6, 6.07) is 5.84. The van der Waals surface area contributed by atoms with Crippen LogP contribution >= 0.6 is 0 Å². The van der Waals surface area contributed by atoms with Crippen LogP contribution in [0.1, 0.15) is 30.6 Å². The van der Waals surface area contributed by atoms with E-state index >= 15 is 0 Å². The molecule has 0 fully saturated rings. The van der Waals surface area contributed by atoms with Crippen molar-refractivity contribution < 1.29 is 18.3 Å². The van der Waals surface area contributed by atoms with E-state index in [1.165, 1.54) is 18.2 Å². The predicted octanol–water partition coefficient (Wildman–Crippen LogP) is 1.23. The number of amides is 1. The van der Waals surface area contributed by atoms with E-state index in [0.29, 0.717) is 12.3 Å². The second-order valence-corrected chi connectivity index (χ2v) is 7.31. The number of aliphatic hydroxyl groups excluding tert-OH is 1. The van der Waals surface area contributed by atoms with Crippen LogP contribution in [-0.4, -0.2) is 38.3 Å². The lowest BCUT2D eigenvalue weighted by molar-refractivity contribution is 0.0900. The van der Waals surface area contributed by atoms with Gasteiger partial charge in [-0.2, -0.15) is 0 Å². The average Bonchev–Trinajstić information content (AvgIpc) is 2.34. The number of aliphatic hydroxyl groups is 1. The van der Waals surface area contributed by atoms with Gasteiger partial charge in [-0.05, 0) is 30.5 Å². The topological polar surface area (TPSA) is 83.5 Å². The fourth-order valence-corrected chi connectivity index (χ4v) is 2.47. The minimum atomic E-state index is -3.34. The molecular weight excluding hydrogens is 278 g/mol. The van der Waals surface area contributed by atoms with Crippen LogP contribution in [0, 0.1) is 5.92 Å². The largest absolute Gasteiger partial charge is 0.391 e. The Morgan fingerprint density at radius 2 is 2.00 bits per heavy atom. The molecule has 20 heavy (non-hydrogen) atoms. The molecule has 0 saturated carbocycles. The summed E-state index contributed by atoms with van der Waals surface area (Å²) in [6.07, 6.45) is 1.09. The molecule has 0 aliphatic rings. The summed E-state index contributed by atoms with van der Waals surface area (Å²) in [7, 11) is -3.34. The van der Waals surface area contributed by atoms with Crippen LogP contribution < -0.4 is 5.32 Å². The predicted molar refractivity (Wildman–Crippen MR) is 77.3 cm³/mol. The Balaban J connectivity index is 2.69. The maximum absolute atomic E-state index is 11.9.